The fraction of sp³-hybridized carbons (Fsp3) is 0.556. The quantitative estimate of drug-likeness (QED) is 0.460. The monoisotopic (exact) mass is 119 g/mol. The lowest BCUT2D eigenvalue weighted by molar-refractivity contribution is 0.680. The lowest BCUT2D eigenvalue weighted by Gasteiger charge is -2.12. The van der Waals surface area contributed by atoms with Crippen molar-refractivity contribution in [2.75, 3.05) is 0 Å². The first kappa shape index (κ1) is 5.28. The molecule has 0 aliphatic heterocycles. The van der Waals surface area contributed by atoms with Crippen molar-refractivity contribution >= 4 is 0 Å². The largest absolute Gasteiger partial charge is 0.0626 e. The molecule has 1 radical (unpaired) electrons. The molecular formula is C9H11. The zero-order valence-corrected chi connectivity index (χ0v) is 5.61. The van der Waals surface area contributed by atoms with E-state index in [4.69, 9.17) is 0 Å². The number of hydrogen-bond donors (Lipinski definition) is 0. The molecule has 0 heteroatoms. The average Bonchev–Trinajstić information content (AvgIpc) is 2.33. The summed E-state index contributed by atoms with van der Waals surface area (Å²) < 4.78 is 0. The molecule has 0 aromatic rings. The van der Waals surface area contributed by atoms with Gasteiger partial charge in [0.25, 0.3) is 0 Å². The zero-order chi connectivity index (χ0) is 6.10. The van der Waals surface area contributed by atoms with Crippen molar-refractivity contribution in [2.24, 2.45) is 0 Å². The highest BCUT2D eigenvalue weighted by molar-refractivity contribution is 5.32. The van der Waals surface area contributed by atoms with Crippen LogP contribution in [0, 0.1) is 6.08 Å². The lowest BCUT2D eigenvalue weighted by atomic mass is 9.94. The molecule has 0 heterocycles. The second kappa shape index (κ2) is 2.02. The summed E-state index contributed by atoms with van der Waals surface area (Å²) in [6.45, 7) is 0. The number of rotatable bonds is 0. The molecule has 0 aromatic heterocycles. The van der Waals surface area contributed by atoms with Gasteiger partial charge in [-0.25, -0.2) is 0 Å². The van der Waals surface area contributed by atoms with Crippen LogP contribution in [0.4, 0.5) is 0 Å². The van der Waals surface area contributed by atoms with Crippen molar-refractivity contribution in [1.29, 1.82) is 0 Å². The zero-order valence-electron chi connectivity index (χ0n) is 5.61. The SMILES string of the molecule is [C]1=CC2=C(C1)CCCC2. The molecule has 0 amide bonds. The molecule has 0 fully saturated rings. The first-order valence-electron chi connectivity index (χ1n) is 3.74. The first-order valence-corrected chi connectivity index (χ1v) is 3.74. The Morgan fingerprint density at radius 2 is 2.11 bits per heavy atom. The van der Waals surface area contributed by atoms with Crippen molar-refractivity contribution in [3.05, 3.63) is 23.3 Å². The second-order valence-electron chi connectivity index (χ2n) is 2.86. The summed E-state index contributed by atoms with van der Waals surface area (Å²) in [6.07, 6.45) is 12.1. The Kier molecular flexibility index (Phi) is 1.18. The van der Waals surface area contributed by atoms with Crippen molar-refractivity contribution in [3.63, 3.8) is 0 Å². The summed E-state index contributed by atoms with van der Waals surface area (Å²) in [5.74, 6) is 0. The van der Waals surface area contributed by atoms with Gasteiger partial charge in [-0.3, -0.25) is 0 Å². The minimum atomic E-state index is 1.13. The number of hydrogen-bond acceptors (Lipinski definition) is 0. The lowest BCUT2D eigenvalue weighted by Crippen LogP contribution is -1.92. The molecule has 0 unspecified atom stereocenters. The highest BCUT2D eigenvalue weighted by atomic mass is 14.2. The van der Waals surface area contributed by atoms with Crippen LogP contribution in [0.15, 0.2) is 17.2 Å². The van der Waals surface area contributed by atoms with Gasteiger partial charge in [0.2, 0.25) is 0 Å². The topological polar surface area (TPSA) is 0 Å². The fourth-order valence-electron chi connectivity index (χ4n) is 1.66. The molecule has 0 saturated carbocycles. The molecule has 0 atom stereocenters. The predicted molar refractivity (Wildman–Crippen MR) is 37.9 cm³/mol. The minimum absolute atomic E-state index is 1.13. The molecule has 0 N–H and O–H groups in total. The Morgan fingerprint density at radius 1 is 1.22 bits per heavy atom. The highest BCUT2D eigenvalue weighted by Gasteiger charge is 2.12. The van der Waals surface area contributed by atoms with Gasteiger partial charge >= 0.3 is 0 Å². The van der Waals surface area contributed by atoms with E-state index in [1.165, 1.54) is 25.7 Å². The normalized spacial score (nSPS) is 24.9. The summed E-state index contributed by atoms with van der Waals surface area (Å²) in [5, 5.41) is 0. The molecule has 0 aromatic carbocycles. The maximum absolute atomic E-state index is 3.27. The van der Waals surface area contributed by atoms with Crippen LogP contribution in [-0.2, 0) is 0 Å². The molecule has 0 nitrogen and oxygen atoms in total. The Bertz CT molecular complexity index is 172. The highest BCUT2D eigenvalue weighted by Crippen LogP contribution is 2.31. The summed E-state index contributed by atoms with van der Waals surface area (Å²) in [5.41, 5.74) is 3.27. The fourth-order valence-corrected chi connectivity index (χ4v) is 1.66. The third-order valence-corrected chi connectivity index (χ3v) is 2.22. The van der Waals surface area contributed by atoms with E-state index < -0.39 is 0 Å². The van der Waals surface area contributed by atoms with Gasteiger partial charge in [-0.15, -0.1) is 0 Å². The molecule has 0 bridgehead atoms. The summed E-state index contributed by atoms with van der Waals surface area (Å²) in [4.78, 5) is 0. The van der Waals surface area contributed by atoms with E-state index in [1.807, 2.05) is 0 Å². The average molecular weight is 119 g/mol. The van der Waals surface area contributed by atoms with Gasteiger partial charge in [0, 0.05) is 0 Å². The van der Waals surface area contributed by atoms with E-state index in [9.17, 15) is 0 Å². The second-order valence-corrected chi connectivity index (χ2v) is 2.86. The van der Waals surface area contributed by atoms with Gasteiger partial charge in [-0.2, -0.15) is 0 Å². The molecule has 0 spiro atoms. The minimum Gasteiger partial charge on any atom is -0.0626 e. The van der Waals surface area contributed by atoms with E-state index in [0.29, 0.717) is 0 Å². The third-order valence-electron chi connectivity index (χ3n) is 2.22. The Hall–Kier alpha value is -0.520. The Labute approximate surface area is 56.3 Å². The molecule has 2 rings (SSSR count). The first-order chi connectivity index (χ1) is 4.47. The van der Waals surface area contributed by atoms with Crippen LogP contribution in [-0.4, -0.2) is 0 Å². The van der Waals surface area contributed by atoms with Gasteiger partial charge < -0.3 is 0 Å². The number of allylic oxidation sites excluding steroid dienone is 4. The van der Waals surface area contributed by atoms with Crippen LogP contribution < -0.4 is 0 Å². The van der Waals surface area contributed by atoms with Crippen LogP contribution in [0.3, 0.4) is 0 Å². The standard InChI is InChI=1S/C9H11/c1-2-5-9-7-3-6-8(9)4-1/h6H,1-2,4-5,7H2. The van der Waals surface area contributed by atoms with Crippen molar-refractivity contribution in [2.45, 2.75) is 32.1 Å². The van der Waals surface area contributed by atoms with Gasteiger partial charge in [-0.1, -0.05) is 11.6 Å². The van der Waals surface area contributed by atoms with Crippen LogP contribution in [0.5, 0.6) is 0 Å². The summed E-state index contributed by atoms with van der Waals surface area (Å²) >= 11 is 0. The van der Waals surface area contributed by atoms with Gasteiger partial charge in [0.15, 0.2) is 0 Å². The molecule has 0 saturated heterocycles. The van der Waals surface area contributed by atoms with Crippen LogP contribution in [0.25, 0.3) is 0 Å². The molecular weight excluding hydrogens is 108 g/mol. The van der Waals surface area contributed by atoms with Gasteiger partial charge in [0.1, 0.15) is 0 Å². The molecule has 47 valence electrons. The smallest absolute Gasteiger partial charge is 0.00583 e. The van der Waals surface area contributed by atoms with Crippen LogP contribution in [0.1, 0.15) is 32.1 Å². The Morgan fingerprint density at radius 3 is 3.00 bits per heavy atom. The van der Waals surface area contributed by atoms with E-state index in [-0.39, 0.29) is 0 Å². The van der Waals surface area contributed by atoms with Crippen LogP contribution in [0.2, 0.25) is 0 Å². The van der Waals surface area contributed by atoms with Crippen molar-refractivity contribution < 1.29 is 0 Å². The van der Waals surface area contributed by atoms with E-state index in [2.05, 4.69) is 12.2 Å². The molecule has 2 aliphatic rings. The van der Waals surface area contributed by atoms with E-state index >= 15 is 0 Å². The Balaban J connectivity index is 2.24. The van der Waals surface area contributed by atoms with Crippen molar-refractivity contribution in [3.8, 4) is 0 Å². The van der Waals surface area contributed by atoms with Crippen LogP contribution >= 0.6 is 0 Å². The van der Waals surface area contributed by atoms with E-state index in [0.717, 1.165) is 6.42 Å². The summed E-state index contributed by atoms with van der Waals surface area (Å²) in [7, 11) is 0. The van der Waals surface area contributed by atoms with E-state index in [1.54, 1.807) is 11.1 Å². The molecule has 9 heavy (non-hydrogen) atoms. The third kappa shape index (κ3) is 0.827. The maximum atomic E-state index is 3.27. The summed E-state index contributed by atoms with van der Waals surface area (Å²) in [6, 6.07) is 0. The predicted octanol–water partition coefficient (Wildman–Crippen LogP) is 2.62. The van der Waals surface area contributed by atoms with Crippen molar-refractivity contribution in [1.82, 2.24) is 0 Å². The maximum Gasteiger partial charge on any atom is -0.00583 e. The van der Waals surface area contributed by atoms with Gasteiger partial charge in [0.05, 0.1) is 0 Å². The van der Waals surface area contributed by atoms with Gasteiger partial charge in [-0.05, 0) is 43.8 Å². The molecule has 2 aliphatic carbocycles.